The molecule has 3 rings (SSSR count). The molecule has 38 heavy (non-hydrogen) atoms. The van der Waals surface area contributed by atoms with Crippen LogP contribution in [0.5, 0.6) is 5.75 Å². The molecule has 3 N–H and O–H groups in total. The maximum Gasteiger partial charge on any atom is 0.490 e. The van der Waals surface area contributed by atoms with Crippen molar-refractivity contribution in [1.29, 1.82) is 0 Å². The Kier molecular flexibility index (Phi) is 12.1. The lowest BCUT2D eigenvalue weighted by molar-refractivity contribution is -0.192. The summed E-state index contributed by atoms with van der Waals surface area (Å²) < 4.78 is 50.9. The molecule has 1 heterocycles. The Morgan fingerprint density at radius 2 is 1.76 bits per heavy atom. The fourth-order valence-corrected chi connectivity index (χ4v) is 3.79. The van der Waals surface area contributed by atoms with Gasteiger partial charge in [0.1, 0.15) is 11.6 Å². The Balaban J connectivity index is 0.000000638. The van der Waals surface area contributed by atoms with Crippen molar-refractivity contribution in [3.05, 3.63) is 64.4 Å². The number of hydrogen-bond donors (Lipinski definition) is 3. The highest BCUT2D eigenvalue weighted by atomic mass is 35.5. The number of carboxylic acid groups (broad SMARTS) is 1. The number of piperidine rings is 1. The average molecular weight is 562 g/mol. The normalized spacial score (nSPS) is 13.9. The molecule has 12 heteroatoms. The highest BCUT2D eigenvalue weighted by Gasteiger charge is 2.38. The van der Waals surface area contributed by atoms with E-state index < -0.39 is 12.1 Å². The number of carbonyl (C=O) groups is 2. The lowest BCUT2D eigenvalue weighted by Gasteiger charge is -2.35. The van der Waals surface area contributed by atoms with Crippen LogP contribution in [0.1, 0.15) is 37.8 Å². The maximum absolute atomic E-state index is 13.4. The number of hydrogen-bond acceptors (Lipinski definition) is 4. The average Bonchev–Trinajstić information content (AvgIpc) is 2.86. The first-order valence-electron chi connectivity index (χ1n) is 12.1. The first kappa shape index (κ1) is 31.2. The Labute approximate surface area is 224 Å². The van der Waals surface area contributed by atoms with Crippen molar-refractivity contribution >= 4 is 23.6 Å². The summed E-state index contributed by atoms with van der Waals surface area (Å²) in [7, 11) is 0. The number of urea groups is 1. The monoisotopic (exact) mass is 561 g/mol. The second kappa shape index (κ2) is 14.8. The fraction of sp³-hybridized carbons (Fsp3) is 0.462. The van der Waals surface area contributed by atoms with Crippen molar-refractivity contribution in [2.24, 2.45) is 5.92 Å². The van der Waals surface area contributed by atoms with E-state index in [1.807, 2.05) is 29.2 Å². The van der Waals surface area contributed by atoms with Gasteiger partial charge in [0.25, 0.3) is 0 Å². The summed E-state index contributed by atoms with van der Waals surface area (Å²) in [6, 6.07) is 12.0. The second-order valence-electron chi connectivity index (χ2n) is 9.16. The predicted molar refractivity (Wildman–Crippen MR) is 136 cm³/mol. The SMILES string of the molecule is CC(C)COc1ccc(CNC(=O)N(Cc2ccc(F)cc2Cl)C2CCNCC2)cc1.O=C(O)C(F)(F)F. The highest BCUT2D eigenvalue weighted by molar-refractivity contribution is 6.31. The molecule has 1 fully saturated rings. The molecule has 0 aromatic heterocycles. The van der Waals surface area contributed by atoms with E-state index >= 15 is 0 Å². The zero-order valence-corrected chi connectivity index (χ0v) is 21.9. The van der Waals surface area contributed by atoms with Gasteiger partial charge in [-0.2, -0.15) is 13.2 Å². The third-order valence-electron chi connectivity index (χ3n) is 5.56. The van der Waals surface area contributed by atoms with E-state index in [9.17, 15) is 22.4 Å². The number of halogens is 5. The van der Waals surface area contributed by atoms with Crippen LogP contribution in [0.15, 0.2) is 42.5 Å². The van der Waals surface area contributed by atoms with E-state index in [4.69, 9.17) is 26.2 Å². The number of amides is 2. The number of carboxylic acids is 1. The van der Waals surface area contributed by atoms with Gasteiger partial charge >= 0.3 is 18.2 Å². The van der Waals surface area contributed by atoms with E-state index in [1.165, 1.54) is 12.1 Å². The number of nitrogens with zero attached hydrogens (tertiary/aromatic N) is 1. The van der Waals surface area contributed by atoms with Crippen molar-refractivity contribution < 1.29 is 37.0 Å². The van der Waals surface area contributed by atoms with Gasteiger partial charge in [-0.15, -0.1) is 0 Å². The zero-order chi connectivity index (χ0) is 28.3. The number of rotatable bonds is 8. The van der Waals surface area contributed by atoms with E-state index in [0.717, 1.165) is 42.8 Å². The van der Waals surface area contributed by atoms with Crippen LogP contribution >= 0.6 is 11.6 Å². The Hall–Kier alpha value is -3.05. The first-order chi connectivity index (χ1) is 17.9. The molecule has 0 radical (unpaired) electrons. The summed E-state index contributed by atoms with van der Waals surface area (Å²) in [6.07, 6.45) is -3.34. The van der Waals surface area contributed by atoms with Crippen molar-refractivity contribution in [1.82, 2.24) is 15.5 Å². The van der Waals surface area contributed by atoms with Gasteiger partial charge in [-0.25, -0.2) is 14.0 Å². The van der Waals surface area contributed by atoms with E-state index in [2.05, 4.69) is 24.5 Å². The number of aliphatic carboxylic acids is 1. The number of ether oxygens (including phenoxy) is 1. The van der Waals surface area contributed by atoms with E-state index in [-0.39, 0.29) is 17.9 Å². The number of carbonyl (C=O) groups excluding carboxylic acids is 1. The molecule has 1 aliphatic rings. The smallest absolute Gasteiger partial charge is 0.490 e. The standard InChI is InChI=1S/C24H31ClFN3O2.C2HF3O2/c1-17(2)16-31-22-7-3-18(4-8-22)14-28-24(30)29(21-9-11-27-12-10-21)15-19-5-6-20(26)13-23(19)25;3-2(4,5)1(6)7/h3-8,13,17,21,27H,9-12,14-16H2,1-2H3,(H,28,30);(H,6,7). The Morgan fingerprint density at radius 3 is 2.29 bits per heavy atom. The molecule has 0 aliphatic carbocycles. The summed E-state index contributed by atoms with van der Waals surface area (Å²) in [5.74, 6) is -1.85. The van der Waals surface area contributed by atoms with Gasteiger partial charge in [-0.3, -0.25) is 0 Å². The topological polar surface area (TPSA) is 90.9 Å². The maximum atomic E-state index is 13.4. The molecule has 1 aliphatic heterocycles. The van der Waals surface area contributed by atoms with Gasteiger partial charge in [0.05, 0.1) is 6.61 Å². The summed E-state index contributed by atoms with van der Waals surface area (Å²) in [5.41, 5.74) is 1.73. The molecule has 2 aromatic rings. The largest absolute Gasteiger partial charge is 0.493 e. The number of alkyl halides is 3. The summed E-state index contributed by atoms with van der Waals surface area (Å²) in [6.45, 7) is 7.38. The zero-order valence-electron chi connectivity index (χ0n) is 21.2. The summed E-state index contributed by atoms with van der Waals surface area (Å²) in [5, 5.41) is 13.8. The molecule has 1 saturated heterocycles. The van der Waals surface area contributed by atoms with E-state index in [1.54, 1.807) is 6.07 Å². The molecular weight excluding hydrogens is 530 g/mol. The van der Waals surface area contributed by atoms with Gasteiger partial charge in [-0.1, -0.05) is 43.6 Å². The van der Waals surface area contributed by atoms with Gasteiger partial charge in [0.15, 0.2) is 0 Å². The van der Waals surface area contributed by atoms with Crippen molar-refractivity contribution in [3.63, 3.8) is 0 Å². The minimum Gasteiger partial charge on any atom is -0.493 e. The van der Waals surface area contributed by atoms with Crippen LogP contribution in [-0.2, 0) is 17.9 Å². The minimum absolute atomic E-state index is 0.106. The third-order valence-corrected chi connectivity index (χ3v) is 5.91. The van der Waals surface area contributed by atoms with Gasteiger partial charge in [0, 0.05) is 24.2 Å². The predicted octanol–water partition coefficient (Wildman–Crippen LogP) is 5.61. The Bertz CT molecular complexity index is 1050. The lowest BCUT2D eigenvalue weighted by Crippen LogP contribution is -2.49. The number of nitrogens with one attached hydrogen (secondary N) is 2. The molecule has 0 bridgehead atoms. The molecule has 0 unspecified atom stereocenters. The van der Waals surface area contributed by atoms with Gasteiger partial charge in [0.2, 0.25) is 0 Å². The molecule has 2 amide bonds. The van der Waals surface area contributed by atoms with Crippen LogP contribution in [0, 0.1) is 11.7 Å². The molecule has 0 atom stereocenters. The Morgan fingerprint density at radius 1 is 1.16 bits per heavy atom. The van der Waals surface area contributed by atoms with Gasteiger partial charge < -0.3 is 25.4 Å². The molecule has 2 aromatic carbocycles. The molecule has 210 valence electrons. The van der Waals surface area contributed by atoms with Crippen LogP contribution < -0.4 is 15.4 Å². The highest BCUT2D eigenvalue weighted by Crippen LogP contribution is 2.23. The van der Waals surface area contributed by atoms with Crippen LogP contribution in [-0.4, -0.2) is 53.9 Å². The molecule has 0 spiro atoms. The second-order valence-corrected chi connectivity index (χ2v) is 9.56. The van der Waals surface area contributed by atoms with Crippen molar-refractivity contribution in [3.8, 4) is 5.75 Å². The summed E-state index contributed by atoms with van der Waals surface area (Å²) in [4.78, 5) is 23.8. The van der Waals surface area contributed by atoms with E-state index in [0.29, 0.717) is 30.6 Å². The van der Waals surface area contributed by atoms with Crippen LogP contribution in [0.3, 0.4) is 0 Å². The fourth-order valence-electron chi connectivity index (χ4n) is 3.56. The van der Waals surface area contributed by atoms with Crippen LogP contribution in [0.25, 0.3) is 0 Å². The number of benzene rings is 2. The minimum atomic E-state index is -5.08. The molecular formula is C26H32ClF4N3O4. The van der Waals surface area contributed by atoms with Crippen LogP contribution in [0.2, 0.25) is 5.02 Å². The van der Waals surface area contributed by atoms with Crippen LogP contribution in [0.4, 0.5) is 22.4 Å². The van der Waals surface area contributed by atoms with Gasteiger partial charge in [-0.05, 0) is 67.2 Å². The van der Waals surface area contributed by atoms with Crippen molar-refractivity contribution in [2.45, 2.75) is 52.0 Å². The summed E-state index contributed by atoms with van der Waals surface area (Å²) >= 11 is 6.23. The lowest BCUT2D eigenvalue weighted by atomic mass is 10.0. The quantitative estimate of drug-likeness (QED) is 0.364. The molecule has 0 saturated carbocycles. The first-order valence-corrected chi connectivity index (χ1v) is 12.5. The third kappa shape index (κ3) is 10.7. The van der Waals surface area contributed by atoms with Crippen molar-refractivity contribution in [2.75, 3.05) is 19.7 Å². The molecule has 7 nitrogen and oxygen atoms in total.